The molecule has 100 valence electrons. The van der Waals surface area contributed by atoms with Gasteiger partial charge in [-0.3, -0.25) is 0 Å². The lowest BCUT2D eigenvalue weighted by Gasteiger charge is -2.02. The summed E-state index contributed by atoms with van der Waals surface area (Å²) in [7, 11) is 0. The van der Waals surface area contributed by atoms with Gasteiger partial charge in [-0.1, -0.05) is 13.3 Å². The molecule has 0 aliphatic carbocycles. The summed E-state index contributed by atoms with van der Waals surface area (Å²) >= 11 is 0. The lowest BCUT2D eigenvalue weighted by Crippen LogP contribution is -2.06. The van der Waals surface area contributed by atoms with Crippen molar-refractivity contribution in [2.24, 2.45) is 0 Å². The topological polar surface area (TPSA) is 122 Å². The molecule has 0 fully saturated rings. The van der Waals surface area contributed by atoms with E-state index in [1.165, 1.54) is 17.3 Å². The maximum absolute atomic E-state index is 9.22. The second kappa shape index (κ2) is 4.62. The van der Waals surface area contributed by atoms with Gasteiger partial charge in [0.2, 0.25) is 0 Å². The smallest absolute Gasteiger partial charge is 0.184 e. The summed E-state index contributed by atoms with van der Waals surface area (Å²) in [5, 5.41) is 13.6. The minimum atomic E-state index is 0.283. The van der Waals surface area contributed by atoms with E-state index in [4.69, 9.17) is 5.73 Å². The van der Waals surface area contributed by atoms with E-state index >= 15 is 0 Å². The van der Waals surface area contributed by atoms with Crippen molar-refractivity contribution in [1.29, 1.82) is 5.26 Å². The summed E-state index contributed by atoms with van der Waals surface area (Å²) in [6, 6.07) is 2.10. The number of aromatic amines is 1. The van der Waals surface area contributed by atoms with Crippen molar-refractivity contribution in [2.75, 3.05) is 5.73 Å². The van der Waals surface area contributed by atoms with Crippen LogP contribution in [0.1, 0.15) is 24.6 Å². The van der Waals surface area contributed by atoms with E-state index in [0.29, 0.717) is 34.7 Å². The van der Waals surface area contributed by atoms with Gasteiger partial charge >= 0.3 is 0 Å². The number of rotatable bonds is 3. The second-order valence-corrected chi connectivity index (χ2v) is 4.28. The van der Waals surface area contributed by atoms with Gasteiger partial charge in [0.25, 0.3) is 0 Å². The Kier molecular flexibility index (Phi) is 2.80. The van der Waals surface area contributed by atoms with E-state index < -0.39 is 0 Å². The Morgan fingerprint density at radius 3 is 3.00 bits per heavy atom. The Morgan fingerprint density at radius 1 is 1.40 bits per heavy atom. The van der Waals surface area contributed by atoms with Crippen LogP contribution in [0.5, 0.6) is 0 Å². The van der Waals surface area contributed by atoms with Crippen molar-refractivity contribution >= 4 is 17.0 Å². The second-order valence-electron chi connectivity index (χ2n) is 4.28. The Labute approximate surface area is 114 Å². The molecular weight excluding hydrogens is 256 g/mol. The van der Waals surface area contributed by atoms with Gasteiger partial charge in [-0.25, -0.2) is 15.0 Å². The highest BCUT2D eigenvalue weighted by molar-refractivity contribution is 5.78. The Hall–Kier alpha value is -2.95. The molecule has 0 aromatic carbocycles. The molecule has 0 atom stereocenters. The fraction of sp³-hybridized carbons (Fsp3) is 0.250. The first kappa shape index (κ1) is 12.1. The van der Waals surface area contributed by atoms with E-state index in [-0.39, 0.29) is 5.82 Å². The SMILES string of the molecule is CCCc1nn(-c2ncnc3nc[nH]c23)c(N)c1C#N. The van der Waals surface area contributed by atoms with Crippen molar-refractivity contribution in [3.8, 4) is 11.9 Å². The molecule has 8 heteroatoms. The maximum Gasteiger partial charge on any atom is 0.184 e. The van der Waals surface area contributed by atoms with Crippen LogP contribution in [0.3, 0.4) is 0 Å². The molecule has 0 saturated carbocycles. The Balaban J connectivity index is 2.25. The number of hydrogen-bond donors (Lipinski definition) is 2. The standard InChI is InChI=1S/C12H12N8/c1-2-3-8-7(4-13)10(14)20(19-8)12-9-11(16-5-15-9)17-6-18-12/h5-6H,2-3,14H2,1H3,(H,15,16,17,18). The molecule has 3 heterocycles. The fourth-order valence-corrected chi connectivity index (χ4v) is 2.09. The molecule has 0 aliphatic rings. The number of anilines is 1. The summed E-state index contributed by atoms with van der Waals surface area (Å²) in [5.41, 5.74) is 8.26. The third-order valence-corrected chi connectivity index (χ3v) is 3.00. The zero-order chi connectivity index (χ0) is 14.1. The summed E-state index contributed by atoms with van der Waals surface area (Å²) in [5.74, 6) is 0.773. The molecule has 3 aromatic rings. The largest absolute Gasteiger partial charge is 0.382 e. The molecule has 0 spiro atoms. The van der Waals surface area contributed by atoms with Gasteiger partial charge in [0.05, 0.1) is 12.0 Å². The van der Waals surface area contributed by atoms with Crippen LogP contribution in [0.4, 0.5) is 5.82 Å². The summed E-state index contributed by atoms with van der Waals surface area (Å²) in [4.78, 5) is 15.3. The van der Waals surface area contributed by atoms with Gasteiger partial charge in [0, 0.05) is 0 Å². The van der Waals surface area contributed by atoms with Gasteiger partial charge in [0.1, 0.15) is 29.3 Å². The summed E-state index contributed by atoms with van der Waals surface area (Å²) < 4.78 is 1.46. The summed E-state index contributed by atoms with van der Waals surface area (Å²) in [6.45, 7) is 2.02. The average Bonchev–Trinajstić information content (AvgIpc) is 3.03. The van der Waals surface area contributed by atoms with Crippen LogP contribution in [0.15, 0.2) is 12.7 Å². The van der Waals surface area contributed by atoms with E-state index in [2.05, 4.69) is 31.1 Å². The average molecular weight is 268 g/mol. The van der Waals surface area contributed by atoms with E-state index in [1.807, 2.05) is 6.92 Å². The van der Waals surface area contributed by atoms with Crippen LogP contribution >= 0.6 is 0 Å². The number of hydrogen-bond acceptors (Lipinski definition) is 6. The minimum Gasteiger partial charge on any atom is -0.382 e. The van der Waals surface area contributed by atoms with Crippen LogP contribution in [-0.4, -0.2) is 29.7 Å². The van der Waals surface area contributed by atoms with Gasteiger partial charge < -0.3 is 10.7 Å². The first-order chi connectivity index (χ1) is 9.76. The van der Waals surface area contributed by atoms with Crippen molar-refractivity contribution in [2.45, 2.75) is 19.8 Å². The monoisotopic (exact) mass is 268 g/mol. The van der Waals surface area contributed by atoms with Crippen LogP contribution in [0.2, 0.25) is 0 Å². The Morgan fingerprint density at radius 2 is 2.25 bits per heavy atom. The molecule has 0 bridgehead atoms. The number of imidazole rings is 1. The quantitative estimate of drug-likeness (QED) is 0.729. The number of fused-ring (bicyclic) bond motifs is 1. The van der Waals surface area contributed by atoms with Crippen LogP contribution in [0.25, 0.3) is 17.0 Å². The third kappa shape index (κ3) is 1.68. The number of nitrogens with zero attached hydrogens (tertiary/aromatic N) is 6. The van der Waals surface area contributed by atoms with Crippen molar-refractivity contribution in [3.63, 3.8) is 0 Å². The molecule has 20 heavy (non-hydrogen) atoms. The van der Waals surface area contributed by atoms with Crippen LogP contribution in [0, 0.1) is 11.3 Å². The highest BCUT2D eigenvalue weighted by Gasteiger charge is 2.18. The van der Waals surface area contributed by atoms with Gasteiger partial charge in [-0.15, -0.1) is 0 Å². The number of nitrogen functional groups attached to an aromatic ring is 1. The highest BCUT2D eigenvalue weighted by Crippen LogP contribution is 2.23. The van der Waals surface area contributed by atoms with Crippen molar-refractivity contribution in [1.82, 2.24) is 29.7 Å². The number of nitriles is 1. The fourth-order valence-electron chi connectivity index (χ4n) is 2.09. The number of aromatic nitrogens is 6. The first-order valence-electron chi connectivity index (χ1n) is 6.18. The number of nitrogens with one attached hydrogen (secondary N) is 1. The van der Waals surface area contributed by atoms with Crippen molar-refractivity contribution < 1.29 is 0 Å². The predicted octanol–water partition coefficient (Wildman–Crippen LogP) is 0.945. The molecule has 0 saturated heterocycles. The van der Waals surface area contributed by atoms with Gasteiger partial charge in [-0.2, -0.15) is 15.0 Å². The number of nitrogens with two attached hydrogens (primary N) is 1. The lowest BCUT2D eigenvalue weighted by molar-refractivity contribution is 0.796. The normalized spacial score (nSPS) is 10.8. The molecule has 3 rings (SSSR count). The van der Waals surface area contributed by atoms with Gasteiger partial charge in [0.15, 0.2) is 11.5 Å². The number of aryl methyl sites for hydroxylation is 1. The highest BCUT2D eigenvalue weighted by atomic mass is 15.4. The molecule has 0 aliphatic heterocycles. The molecule has 0 unspecified atom stereocenters. The zero-order valence-corrected chi connectivity index (χ0v) is 10.8. The van der Waals surface area contributed by atoms with E-state index in [9.17, 15) is 5.26 Å². The van der Waals surface area contributed by atoms with E-state index in [1.54, 1.807) is 0 Å². The molecule has 0 radical (unpaired) electrons. The maximum atomic E-state index is 9.22. The lowest BCUT2D eigenvalue weighted by atomic mass is 10.2. The third-order valence-electron chi connectivity index (χ3n) is 3.00. The molecule has 3 N–H and O–H groups in total. The zero-order valence-electron chi connectivity index (χ0n) is 10.8. The molecule has 0 amide bonds. The van der Waals surface area contributed by atoms with Gasteiger partial charge in [-0.05, 0) is 6.42 Å². The van der Waals surface area contributed by atoms with Crippen molar-refractivity contribution in [3.05, 3.63) is 23.9 Å². The van der Waals surface area contributed by atoms with E-state index in [0.717, 1.165) is 6.42 Å². The molecular formula is C12H12N8. The minimum absolute atomic E-state index is 0.283. The van der Waals surface area contributed by atoms with Crippen LogP contribution in [-0.2, 0) is 6.42 Å². The first-order valence-corrected chi connectivity index (χ1v) is 6.18. The predicted molar refractivity (Wildman–Crippen MR) is 71.9 cm³/mol. The van der Waals surface area contributed by atoms with Crippen LogP contribution < -0.4 is 5.73 Å². The summed E-state index contributed by atoms with van der Waals surface area (Å²) in [6.07, 6.45) is 4.50. The molecule has 3 aromatic heterocycles. The number of H-pyrrole nitrogens is 1. The molecule has 8 nitrogen and oxygen atoms in total. The Bertz CT molecular complexity index is 807.